The first-order chi connectivity index (χ1) is 8.75. The maximum atomic E-state index is 6.11. The van der Waals surface area contributed by atoms with Gasteiger partial charge >= 0.3 is 0 Å². The van der Waals surface area contributed by atoms with Gasteiger partial charge in [0.05, 0.1) is 17.3 Å². The number of anilines is 1. The monoisotopic (exact) mass is 255 g/mol. The molecule has 18 heavy (non-hydrogen) atoms. The smallest absolute Gasteiger partial charge is 0.0770 e. The lowest BCUT2D eigenvalue weighted by Gasteiger charge is -2.05. The van der Waals surface area contributed by atoms with E-state index in [9.17, 15) is 0 Å². The van der Waals surface area contributed by atoms with Crippen LogP contribution in [0, 0.1) is 18.8 Å². The number of benzene rings is 2. The van der Waals surface area contributed by atoms with Crippen LogP contribution in [0.3, 0.4) is 0 Å². The van der Waals surface area contributed by atoms with E-state index in [0.717, 1.165) is 21.8 Å². The zero-order valence-corrected chi connectivity index (χ0v) is 11.0. The highest BCUT2D eigenvalue weighted by molar-refractivity contribution is 6.33. The maximum Gasteiger partial charge on any atom is 0.0770 e. The van der Waals surface area contributed by atoms with Crippen molar-refractivity contribution < 1.29 is 0 Å². The van der Waals surface area contributed by atoms with E-state index in [1.165, 1.54) is 0 Å². The lowest BCUT2D eigenvalue weighted by molar-refractivity contribution is 1.36. The van der Waals surface area contributed by atoms with Crippen molar-refractivity contribution >= 4 is 17.3 Å². The predicted octanol–water partition coefficient (Wildman–Crippen LogP) is 4.11. The molecule has 0 fully saturated rings. The van der Waals surface area contributed by atoms with Crippen molar-refractivity contribution in [1.82, 2.24) is 0 Å². The molecule has 0 spiro atoms. The molecule has 2 heteroatoms. The van der Waals surface area contributed by atoms with E-state index in [-0.39, 0.29) is 0 Å². The minimum absolute atomic E-state index is 0.581. The highest BCUT2D eigenvalue weighted by Crippen LogP contribution is 2.22. The summed E-state index contributed by atoms with van der Waals surface area (Å²) in [6, 6.07) is 15.9. The van der Waals surface area contributed by atoms with Crippen molar-refractivity contribution in [2.45, 2.75) is 6.92 Å². The van der Waals surface area contributed by atoms with Crippen LogP contribution in [0.25, 0.3) is 0 Å². The van der Waals surface area contributed by atoms with Crippen molar-refractivity contribution in [2.24, 2.45) is 0 Å². The van der Waals surface area contributed by atoms with Crippen molar-refractivity contribution in [3.05, 3.63) is 64.7 Å². The lowest BCUT2D eigenvalue weighted by Crippen LogP contribution is -1.99. The van der Waals surface area contributed by atoms with Crippen LogP contribution in [0.5, 0.6) is 0 Å². The van der Waals surface area contributed by atoms with Gasteiger partial charge in [-0.05, 0) is 36.8 Å². The van der Waals surface area contributed by atoms with Crippen LogP contribution in [0.15, 0.2) is 48.5 Å². The van der Waals surface area contributed by atoms with Gasteiger partial charge in [-0.3, -0.25) is 0 Å². The summed E-state index contributed by atoms with van der Waals surface area (Å²) in [5.74, 6) is 6.16. The molecule has 0 unspecified atom stereocenters. The van der Waals surface area contributed by atoms with Crippen LogP contribution in [0.2, 0.25) is 5.02 Å². The van der Waals surface area contributed by atoms with Gasteiger partial charge in [0, 0.05) is 5.56 Å². The third-order valence-electron chi connectivity index (χ3n) is 2.50. The molecule has 0 atom stereocenters. The van der Waals surface area contributed by atoms with Crippen molar-refractivity contribution in [3.8, 4) is 11.8 Å². The van der Waals surface area contributed by atoms with Crippen LogP contribution in [-0.2, 0) is 0 Å². The van der Waals surface area contributed by atoms with Gasteiger partial charge in [0.2, 0.25) is 0 Å². The second-order valence-corrected chi connectivity index (χ2v) is 4.41. The lowest BCUT2D eigenvalue weighted by atomic mass is 10.2. The van der Waals surface area contributed by atoms with Crippen LogP contribution in [0.4, 0.5) is 5.69 Å². The Kier molecular flexibility index (Phi) is 4.28. The van der Waals surface area contributed by atoms with E-state index < -0.39 is 0 Å². The fourth-order valence-electron chi connectivity index (χ4n) is 1.57. The highest BCUT2D eigenvalue weighted by Gasteiger charge is 1.97. The summed E-state index contributed by atoms with van der Waals surface area (Å²) < 4.78 is 0. The van der Waals surface area contributed by atoms with E-state index in [1.54, 1.807) is 0 Å². The van der Waals surface area contributed by atoms with E-state index in [1.807, 2.05) is 55.5 Å². The van der Waals surface area contributed by atoms with Crippen molar-refractivity contribution in [2.75, 3.05) is 11.9 Å². The van der Waals surface area contributed by atoms with Crippen LogP contribution >= 0.6 is 11.6 Å². The molecular weight excluding hydrogens is 242 g/mol. The van der Waals surface area contributed by atoms with Gasteiger partial charge in [-0.2, -0.15) is 0 Å². The van der Waals surface area contributed by atoms with E-state index in [0.29, 0.717) is 6.54 Å². The molecule has 0 radical (unpaired) electrons. The molecule has 1 N–H and O–H groups in total. The van der Waals surface area contributed by atoms with E-state index in [2.05, 4.69) is 17.2 Å². The SMILES string of the molecule is Cc1ccc(NCC#Cc2ccccc2)c(Cl)c1. The normalized spacial score (nSPS) is 9.44. The van der Waals surface area contributed by atoms with E-state index >= 15 is 0 Å². The summed E-state index contributed by atoms with van der Waals surface area (Å²) in [7, 11) is 0. The van der Waals surface area contributed by atoms with Gasteiger partial charge in [0.15, 0.2) is 0 Å². The maximum absolute atomic E-state index is 6.11. The molecule has 0 bridgehead atoms. The Labute approximate surface area is 113 Å². The molecule has 0 saturated heterocycles. The number of halogens is 1. The van der Waals surface area contributed by atoms with Gasteiger partial charge in [-0.1, -0.05) is 47.7 Å². The fourth-order valence-corrected chi connectivity index (χ4v) is 1.87. The minimum Gasteiger partial charge on any atom is -0.373 e. The Morgan fingerprint density at radius 2 is 1.89 bits per heavy atom. The first-order valence-corrected chi connectivity index (χ1v) is 6.17. The quantitative estimate of drug-likeness (QED) is 0.797. The average molecular weight is 256 g/mol. The fraction of sp³-hybridized carbons (Fsp3) is 0.125. The van der Waals surface area contributed by atoms with Crippen molar-refractivity contribution in [1.29, 1.82) is 0 Å². The Morgan fingerprint density at radius 3 is 2.61 bits per heavy atom. The third-order valence-corrected chi connectivity index (χ3v) is 2.81. The summed E-state index contributed by atoms with van der Waals surface area (Å²) >= 11 is 6.11. The summed E-state index contributed by atoms with van der Waals surface area (Å²) in [5.41, 5.74) is 3.10. The zero-order chi connectivity index (χ0) is 12.8. The summed E-state index contributed by atoms with van der Waals surface area (Å²) in [6.07, 6.45) is 0. The first-order valence-electron chi connectivity index (χ1n) is 5.79. The molecular formula is C16H14ClN. The molecule has 2 aromatic carbocycles. The van der Waals surface area contributed by atoms with Crippen LogP contribution < -0.4 is 5.32 Å². The highest BCUT2D eigenvalue weighted by atomic mass is 35.5. The topological polar surface area (TPSA) is 12.0 Å². The molecule has 0 amide bonds. The van der Waals surface area contributed by atoms with Gasteiger partial charge in [-0.25, -0.2) is 0 Å². The Bertz CT molecular complexity index is 579. The van der Waals surface area contributed by atoms with Crippen LogP contribution in [-0.4, -0.2) is 6.54 Å². The van der Waals surface area contributed by atoms with Gasteiger partial charge in [0.25, 0.3) is 0 Å². The number of hydrogen-bond acceptors (Lipinski definition) is 1. The Hall–Kier alpha value is -1.91. The first kappa shape index (κ1) is 12.5. The largest absolute Gasteiger partial charge is 0.373 e. The number of aryl methyl sites for hydroxylation is 1. The molecule has 0 aliphatic heterocycles. The summed E-state index contributed by atoms with van der Waals surface area (Å²) in [6.45, 7) is 2.60. The minimum atomic E-state index is 0.581. The van der Waals surface area contributed by atoms with Gasteiger partial charge < -0.3 is 5.32 Å². The zero-order valence-electron chi connectivity index (χ0n) is 10.2. The third kappa shape index (κ3) is 3.55. The number of rotatable bonds is 2. The van der Waals surface area contributed by atoms with Gasteiger partial charge in [0.1, 0.15) is 0 Å². The Balaban J connectivity index is 1.95. The standard InChI is InChI=1S/C16H14ClN/c1-13-9-10-16(15(17)12-13)18-11-5-8-14-6-3-2-4-7-14/h2-4,6-7,9-10,12,18H,11H2,1H3. The molecule has 2 aromatic rings. The second kappa shape index (κ2) is 6.14. The molecule has 0 aliphatic rings. The van der Waals surface area contributed by atoms with Crippen molar-refractivity contribution in [3.63, 3.8) is 0 Å². The molecule has 1 nitrogen and oxygen atoms in total. The van der Waals surface area contributed by atoms with Crippen LogP contribution in [0.1, 0.15) is 11.1 Å². The molecule has 0 saturated carbocycles. The molecule has 0 aliphatic carbocycles. The van der Waals surface area contributed by atoms with E-state index in [4.69, 9.17) is 11.6 Å². The summed E-state index contributed by atoms with van der Waals surface area (Å²) in [4.78, 5) is 0. The predicted molar refractivity (Wildman–Crippen MR) is 78.0 cm³/mol. The Morgan fingerprint density at radius 1 is 1.11 bits per heavy atom. The van der Waals surface area contributed by atoms with Gasteiger partial charge in [-0.15, -0.1) is 0 Å². The summed E-state index contributed by atoms with van der Waals surface area (Å²) in [5, 5.41) is 3.94. The number of hydrogen-bond donors (Lipinski definition) is 1. The average Bonchev–Trinajstić information content (AvgIpc) is 2.38. The second-order valence-electron chi connectivity index (χ2n) is 4.00. The molecule has 2 rings (SSSR count). The molecule has 90 valence electrons. The molecule has 0 aromatic heterocycles. The molecule has 0 heterocycles. The number of nitrogens with one attached hydrogen (secondary N) is 1.